The molecule has 1 aliphatic rings. The first-order valence-corrected chi connectivity index (χ1v) is 5.96. The summed E-state index contributed by atoms with van der Waals surface area (Å²) in [6, 6.07) is 0. The summed E-state index contributed by atoms with van der Waals surface area (Å²) >= 11 is 0. The van der Waals surface area contributed by atoms with Crippen molar-refractivity contribution in [2.75, 3.05) is 13.1 Å². The summed E-state index contributed by atoms with van der Waals surface area (Å²) in [5.74, 6) is -0.135. The third-order valence-electron chi connectivity index (χ3n) is 2.42. The molecule has 0 aromatic carbocycles. The number of amides is 1. The van der Waals surface area contributed by atoms with Gasteiger partial charge in [-0.15, -0.1) is 0 Å². The number of hydrogen-bond donors (Lipinski definition) is 2. The van der Waals surface area contributed by atoms with E-state index in [0.29, 0.717) is 32.4 Å². The Morgan fingerprint density at radius 1 is 1.36 bits per heavy atom. The zero-order valence-electron chi connectivity index (χ0n) is 7.85. The van der Waals surface area contributed by atoms with Crippen LogP contribution in [-0.4, -0.2) is 31.7 Å². The average molecular weight is 221 g/mol. The minimum atomic E-state index is -3.56. The SMILES string of the molecule is NC(=O)CC1CCN(S(N)(=O)=O)CC1. The number of nitrogens with zero attached hydrogens (tertiary/aromatic N) is 1. The standard InChI is InChI=1S/C7H15N3O3S/c8-7(11)5-6-1-3-10(4-2-6)14(9,12)13/h6H,1-5H2,(H2,8,11)(H2,9,12,13). The highest BCUT2D eigenvalue weighted by atomic mass is 32.2. The molecule has 0 atom stereocenters. The second-order valence-electron chi connectivity index (χ2n) is 3.56. The zero-order chi connectivity index (χ0) is 10.8. The van der Waals surface area contributed by atoms with Crippen LogP contribution in [0.4, 0.5) is 0 Å². The van der Waals surface area contributed by atoms with E-state index in [-0.39, 0.29) is 11.8 Å². The van der Waals surface area contributed by atoms with Gasteiger partial charge in [0.15, 0.2) is 0 Å². The molecule has 0 saturated carbocycles. The summed E-state index contributed by atoms with van der Waals surface area (Å²) in [5, 5.41) is 4.96. The Morgan fingerprint density at radius 3 is 2.21 bits per heavy atom. The van der Waals surface area contributed by atoms with E-state index >= 15 is 0 Å². The van der Waals surface area contributed by atoms with Crippen molar-refractivity contribution < 1.29 is 13.2 Å². The van der Waals surface area contributed by atoms with Crippen LogP contribution in [0, 0.1) is 5.92 Å². The van der Waals surface area contributed by atoms with Gasteiger partial charge in [-0.05, 0) is 18.8 Å². The molecule has 0 aromatic rings. The molecule has 82 valence electrons. The van der Waals surface area contributed by atoms with E-state index < -0.39 is 10.2 Å². The Bertz CT molecular complexity index is 306. The van der Waals surface area contributed by atoms with Crippen LogP contribution in [0.15, 0.2) is 0 Å². The van der Waals surface area contributed by atoms with Crippen LogP contribution < -0.4 is 10.9 Å². The molecule has 0 aliphatic carbocycles. The molecule has 1 saturated heterocycles. The normalized spacial score (nSPS) is 20.9. The lowest BCUT2D eigenvalue weighted by molar-refractivity contribution is -0.119. The first-order valence-electron chi connectivity index (χ1n) is 4.46. The van der Waals surface area contributed by atoms with E-state index in [4.69, 9.17) is 10.9 Å². The molecule has 14 heavy (non-hydrogen) atoms. The first kappa shape index (κ1) is 11.4. The molecular formula is C7H15N3O3S. The molecule has 0 spiro atoms. The number of nitrogens with two attached hydrogens (primary N) is 2. The van der Waals surface area contributed by atoms with Gasteiger partial charge in [0.2, 0.25) is 5.91 Å². The summed E-state index contributed by atoms with van der Waals surface area (Å²) in [7, 11) is -3.56. The van der Waals surface area contributed by atoms with Crippen LogP contribution in [0.1, 0.15) is 19.3 Å². The van der Waals surface area contributed by atoms with Gasteiger partial charge in [0.25, 0.3) is 10.2 Å². The van der Waals surface area contributed by atoms with Crippen molar-refractivity contribution in [3.63, 3.8) is 0 Å². The van der Waals surface area contributed by atoms with Crippen molar-refractivity contribution in [1.82, 2.24) is 4.31 Å². The molecule has 0 radical (unpaired) electrons. The molecule has 4 N–H and O–H groups in total. The third-order valence-corrected chi connectivity index (χ3v) is 3.51. The Kier molecular flexibility index (Phi) is 3.46. The van der Waals surface area contributed by atoms with Gasteiger partial charge < -0.3 is 5.73 Å². The Labute approximate surface area is 83.4 Å². The molecule has 0 aromatic heterocycles. The highest BCUT2D eigenvalue weighted by Crippen LogP contribution is 2.20. The van der Waals surface area contributed by atoms with E-state index in [0.717, 1.165) is 0 Å². The summed E-state index contributed by atoms with van der Waals surface area (Å²) in [6.07, 6.45) is 1.64. The lowest BCUT2D eigenvalue weighted by Gasteiger charge is -2.28. The number of carbonyl (C=O) groups excluding carboxylic acids is 1. The monoisotopic (exact) mass is 221 g/mol. The number of carbonyl (C=O) groups is 1. The topological polar surface area (TPSA) is 106 Å². The van der Waals surface area contributed by atoms with Gasteiger partial charge in [-0.3, -0.25) is 4.79 Å². The molecule has 1 heterocycles. The number of primary amides is 1. The smallest absolute Gasteiger partial charge is 0.276 e. The summed E-state index contributed by atoms with van der Waals surface area (Å²) < 4.78 is 23.1. The van der Waals surface area contributed by atoms with Gasteiger partial charge in [-0.2, -0.15) is 12.7 Å². The molecule has 1 fully saturated rings. The number of rotatable bonds is 3. The molecule has 1 amide bonds. The van der Waals surface area contributed by atoms with Crippen LogP contribution in [0.2, 0.25) is 0 Å². The van der Waals surface area contributed by atoms with Gasteiger partial charge >= 0.3 is 0 Å². The summed E-state index contributed by atoms with van der Waals surface area (Å²) in [6.45, 7) is 0.771. The molecule has 1 aliphatic heterocycles. The second-order valence-corrected chi connectivity index (χ2v) is 5.10. The quantitative estimate of drug-likeness (QED) is 0.623. The second kappa shape index (κ2) is 4.24. The van der Waals surface area contributed by atoms with Crippen LogP contribution in [-0.2, 0) is 15.0 Å². The van der Waals surface area contributed by atoms with E-state index in [2.05, 4.69) is 0 Å². The first-order chi connectivity index (χ1) is 6.39. The largest absolute Gasteiger partial charge is 0.370 e. The van der Waals surface area contributed by atoms with Crippen molar-refractivity contribution in [2.24, 2.45) is 16.8 Å². The van der Waals surface area contributed by atoms with Crippen molar-refractivity contribution in [1.29, 1.82) is 0 Å². The van der Waals surface area contributed by atoms with Crippen LogP contribution in [0.25, 0.3) is 0 Å². The molecule has 7 heteroatoms. The Hall–Kier alpha value is -0.660. The van der Waals surface area contributed by atoms with Gasteiger partial charge in [0.05, 0.1) is 0 Å². The highest BCUT2D eigenvalue weighted by molar-refractivity contribution is 7.86. The zero-order valence-corrected chi connectivity index (χ0v) is 8.66. The maximum absolute atomic E-state index is 10.9. The fraction of sp³-hybridized carbons (Fsp3) is 0.857. The summed E-state index contributed by atoms with van der Waals surface area (Å²) in [4.78, 5) is 10.6. The Balaban J connectivity index is 2.43. The summed E-state index contributed by atoms with van der Waals surface area (Å²) in [5.41, 5.74) is 5.05. The van der Waals surface area contributed by atoms with Crippen molar-refractivity contribution >= 4 is 16.1 Å². The number of piperidine rings is 1. The van der Waals surface area contributed by atoms with Crippen molar-refractivity contribution in [3.8, 4) is 0 Å². The van der Waals surface area contributed by atoms with Crippen molar-refractivity contribution in [3.05, 3.63) is 0 Å². The van der Waals surface area contributed by atoms with Crippen LogP contribution in [0.3, 0.4) is 0 Å². The Morgan fingerprint density at radius 2 is 1.86 bits per heavy atom. The molecule has 6 nitrogen and oxygen atoms in total. The minimum Gasteiger partial charge on any atom is -0.370 e. The van der Waals surface area contributed by atoms with Crippen molar-refractivity contribution in [2.45, 2.75) is 19.3 Å². The molecule has 0 unspecified atom stereocenters. The maximum Gasteiger partial charge on any atom is 0.276 e. The fourth-order valence-corrected chi connectivity index (χ4v) is 2.37. The van der Waals surface area contributed by atoms with E-state index in [9.17, 15) is 13.2 Å². The van der Waals surface area contributed by atoms with Gasteiger partial charge in [-0.1, -0.05) is 0 Å². The molecule has 1 rings (SSSR count). The lowest BCUT2D eigenvalue weighted by atomic mass is 9.94. The van der Waals surface area contributed by atoms with Crippen LogP contribution in [0.5, 0.6) is 0 Å². The fourth-order valence-electron chi connectivity index (χ4n) is 1.65. The van der Waals surface area contributed by atoms with Gasteiger partial charge in [-0.25, -0.2) is 5.14 Å². The predicted octanol–water partition coefficient (Wildman–Crippen LogP) is -1.22. The molecular weight excluding hydrogens is 206 g/mol. The number of hydrogen-bond acceptors (Lipinski definition) is 3. The highest BCUT2D eigenvalue weighted by Gasteiger charge is 2.25. The maximum atomic E-state index is 10.9. The van der Waals surface area contributed by atoms with E-state index in [1.807, 2.05) is 0 Å². The van der Waals surface area contributed by atoms with Crippen LogP contribution >= 0.6 is 0 Å². The van der Waals surface area contributed by atoms with Gasteiger partial charge in [0.1, 0.15) is 0 Å². The third kappa shape index (κ3) is 3.24. The minimum absolute atomic E-state index is 0.200. The average Bonchev–Trinajstić information content (AvgIpc) is 2.02. The molecule has 0 bridgehead atoms. The lowest BCUT2D eigenvalue weighted by Crippen LogP contribution is -2.42. The van der Waals surface area contributed by atoms with E-state index in [1.165, 1.54) is 4.31 Å². The predicted molar refractivity (Wildman–Crippen MR) is 51.2 cm³/mol. The van der Waals surface area contributed by atoms with E-state index in [1.54, 1.807) is 0 Å². The van der Waals surface area contributed by atoms with Gasteiger partial charge in [0, 0.05) is 19.5 Å².